The number of ether oxygens (including phenoxy) is 2. The molecule has 1 saturated carbocycles. The average molecular weight is 398 g/mol. The third-order valence-electron chi connectivity index (χ3n) is 5.34. The second kappa shape index (κ2) is 8.14. The van der Waals surface area contributed by atoms with Crippen LogP contribution in [0.15, 0.2) is 30.3 Å². The van der Waals surface area contributed by atoms with Crippen LogP contribution in [0.2, 0.25) is 0 Å². The van der Waals surface area contributed by atoms with E-state index in [1.165, 1.54) is 0 Å². The van der Waals surface area contributed by atoms with Gasteiger partial charge in [0.1, 0.15) is 5.75 Å². The van der Waals surface area contributed by atoms with Crippen molar-refractivity contribution in [2.24, 2.45) is 0 Å². The van der Waals surface area contributed by atoms with E-state index < -0.39 is 0 Å². The van der Waals surface area contributed by atoms with Gasteiger partial charge in [0.15, 0.2) is 5.69 Å². The van der Waals surface area contributed by atoms with Gasteiger partial charge in [-0.05, 0) is 38.0 Å². The first kappa shape index (κ1) is 19.3. The number of rotatable bonds is 5. The van der Waals surface area contributed by atoms with Crippen LogP contribution in [0.5, 0.6) is 5.75 Å². The summed E-state index contributed by atoms with van der Waals surface area (Å²) in [6.07, 6.45) is 1.90. The summed E-state index contributed by atoms with van der Waals surface area (Å²) in [6, 6.07) is 9.61. The number of amides is 2. The second-order valence-electron chi connectivity index (χ2n) is 7.32. The van der Waals surface area contributed by atoms with Crippen molar-refractivity contribution >= 4 is 12.0 Å². The molecule has 1 aromatic carbocycles. The maximum absolute atomic E-state index is 13.1. The highest BCUT2D eigenvalue weighted by atomic mass is 16.6. The molecule has 29 heavy (non-hydrogen) atoms. The van der Waals surface area contributed by atoms with E-state index in [0.717, 1.165) is 30.0 Å². The highest BCUT2D eigenvalue weighted by Crippen LogP contribution is 2.41. The molecule has 1 saturated heterocycles. The molecule has 0 radical (unpaired) electrons. The lowest BCUT2D eigenvalue weighted by Crippen LogP contribution is -2.50. The fourth-order valence-electron chi connectivity index (χ4n) is 3.59. The van der Waals surface area contributed by atoms with Crippen molar-refractivity contribution in [1.82, 2.24) is 19.6 Å². The van der Waals surface area contributed by atoms with Crippen LogP contribution in [-0.2, 0) is 4.74 Å². The summed E-state index contributed by atoms with van der Waals surface area (Å²) in [7, 11) is 1.63. The SMILES string of the molecule is CCOC(=O)N1CCN(C(=O)c2cc(C3CC3)n(-c3cccc(OC)c3)n2)CC1. The van der Waals surface area contributed by atoms with Gasteiger partial charge in [0, 0.05) is 43.9 Å². The van der Waals surface area contributed by atoms with Gasteiger partial charge in [-0.2, -0.15) is 5.10 Å². The van der Waals surface area contributed by atoms with Crippen LogP contribution >= 0.6 is 0 Å². The summed E-state index contributed by atoms with van der Waals surface area (Å²) in [5.74, 6) is 1.09. The van der Waals surface area contributed by atoms with Crippen molar-refractivity contribution in [2.75, 3.05) is 39.9 Å². The Kier molecular flexibility index (Phi) is 5.42. The number of aromatic nitrogens is 2. The van der Waals surface area contributed by atoms with Crippen molar-refractivity contribution < 1.29 is 19.1 Å². The van der Waals surface area contributed by atoms with Gasteiger partial charge in [0.05, 0.1) is 19.4 Å². The molecule has 2 aromatic rings. The quantitative estimate of drug-likeness (QED) is 0.774. The monoisotopic (exact) mass is 398 g/mol. The number of benzene rings is 1. The standard InChI is InChI=1S/C21H26N4O4/c1-3-29-21(27)24-11-9-23(10-12-24)20(26)18-14-19(15-7-8-15)25(22-18)16-5-4-6-17(13-16)28-2/h4-6,13-15H,3,7-12H2,1-2H3. The minimum atomic E-state index is -0.321. The molecule has 2 aliphatic rings. The first-order valence-corrected chi connectivity index (χ1v) is 10.1. The van der Waals surface area contributed by atoms with Crippen molar-refractivity contribution in [2.45, 2.75) is 25.7 Å². The molecule has 154 valence electrons. The Labute approximate surface area is 170 Å². The molecule has 0 spiro atoms. The first-order chi connectivity index (χ1) is 14.1. The Balaban J connectivity index is 1.52. The Morgan fingerprint density at radius 2 is 1.83 bits per heavy atom. The van der Waals surface area contributed by atoms with Crippen LogP contribution in [0, 0.1) is 0 Å². The van der Waals surface area contributed by atoms with Crippen LogP contribution in [0.25, 0.3) is 5.69 Å². The van der Waals surface area contributed by atoms with Crippen molar-refractivity contribution in [3.05, 3.63) is 41.7 Å². The largest absolute Gasteiger partial charge is 0.497 e. The molecule has 0 N–H and O–H groups in total. The molecule has 8 nitrogen and oxygen atoms in total. The smallest absolute Gasteiger partial charge is 0.409 e. The molecule has 0 atom stereocenters. The maximum Gasteiger partial charge on any atom is 0.409 e. The Morgan fingerprint density at radius 3 is 2.48 bits per heavy atom. The number of nitrogens with zero attached hydrogens (tertiary/aromatic N) is 4. The number of hydrogen-bond acceptors (Lipinski definition) is 5. The zero-order valence-corrected chi connectivity index (χ0v) is 16.8. The summed E-state index contributed by atoms with van der Waals surface area (Å²) < 4.78 is 12.2. The molecule has 1 aliphatic carbocycles. The fraction of sp³-hybridized carbons (Fsp3) is 0.476. The zero-order valence-electron chi connectivity index (χ0n) is 16.8. The second-order valence-corrected chi connectivity index (χ2v) is 7.32. The van der Waals surface area contributed by atoms with Gasteiger partial charge in [-0.1, -0.05) is 6.07 Å². The number of carbonyl (C=O) groups excluding carboxylic acids is 2. The van der Waals surface area contributed by atoms with Crippen molar-refractivity contribution in [1.29, 1.82) is 0 Å². The molecule has 1 aliphatic heterocycles. The van der Waals surface area contributed by atoms with E-state index in [1.807, 2.05) is 35.0 Å². The lowest BCUT2D eigenvalue weighted by atomic mass is 10.2. The van der Waals surface area contributed by atoms with Gasteiger partial charge in [0.25, 0.3) is 5.91 Å². The van der Waals surface area contributed by atoms with Gasteiger partial charge in [-0.15, -0.1) is 0 Å². The number of carbonyl (C=O) groups is 2. The third kappa shape index (κ3) is 4.06. The van der Waals surface area contributed by atoms with Gasteiger partial charge >= 0.3 is 6.09 Å². The first-order valence-electron chi connectivity index (χ1n) is 10.1. The number of piperazine rings is 1. The van der Waals surface area contributed by atoms with Crippen LogP contribution in [0.4, 0.5) is 4.79 Å². The van der Waals surface area contributed by atoms with Crippen LogP contribution in [0.3, 0.4) is 0 Å². The molecular formula is C21H26N4O4. The summed E-state index contributed by atoms with van der Waals surface area (Å²) in [5, 5.41) is 4.64. The van der Waals surface area contributed by atoms with Crippen molar-refractivity contribution in [3.63, 3.8) is 0 Å². The number of methoxy groups -OCH3 is 1. The van der Waals surface area contributed by atoms with E-state index in [-0.39, 0.29) is 12.0 Å². The molecule has 4 rings (SSSR count). The topological polar surface area (TPSA) is 76.9 Å². The van der Waals surface area contributed by atoms with Gasteiger partial charge < -0.3 is 19.3 Å². The average Bonchev–Trinajstić information content (AvgIpc) is 3.51. The fourth-order valence-corrected chi connectivity index (χ4v) is 3.59. The predicted molar refractivity (Wildman–Crippen MR) is 107 cm³/mol. The van der Waals surface area contributed by atoms with Crippen LogP contribution in [-0.4, -0.2) is 71.5 Å². The lowest BCUT2D eigenvalue weighted by molar-refractivity contribution is 0.0565. The predicted octanol–water partition coefficient (Wildman–Crippen LogP) is 2.67. The molecule has 2 amide bonds. The van der Waals surface area contributed by atoms with E-state index in [1.54, 1.807) is 23.8 Å². The molecule has 0 unspecified atom stereocenters. The summed E-state index contributed by atoms with van der Waals surface area (Å²) >= 11 is 0. The van der Waals surface area contributed by atoms with Crippen molar-refractivity contribution in [3.8, 4) is 11.4 Å². The van der Waals surface area contributed by atoms with Crippen LogP contribution in [0.1, 0.15) is 41.9 Å². The minimum Gasteiger partial charge on any atom is -0.497 e. The van der Waals surface area contributed by atoms with E-state index in [4.69, 9.17) is 9.47 Å². The van der Waals surface area contributed by atoms with Gasteiger partial charge in [-0.25, -0.2) is 9.48 Å². The summed E-state index contributed by atoms with van der Waals surface area (Å²) in [6.45, 7) is 4.02. The molecule has 2 heterocycles. The lowest BCUT2D eigenvalue weighted by Gasteiger charge is -2.33. The highest BCUT2D eigenvalue weighted by molar-refractivity contribution is 5.92. The van der Waals surface area contributed by atoms with E-state index >= 15 is 0 Å². The molecule has 8 heteroatoms. The van der Waals surface area contributed by atoms with E-state index in [0.29, 0.717) is 44.4 Å². The van der Waals surface area contributed by atoms with Gasteiger partial charge in [0.2, 0.25) is 0 Å². The Bertz CT molecular complexity index is 898. The van der Waals surface area contributed by atoms with E-state index in [9.17, 15) is 9.59 Å². The summed E-state index contributed by atoms with van der Waals surface area (Å²) in [5.41, 5.74) is 2.39. The Morgan fingerprint density at radius 1 is 1.10 bits per heavy atom. The third-order valence-corrected chi connectivity index (χ3v) is 5.34. The molecule has 2 fully saturated rings. The maximum atomic E-state index is 13.1. The highest BCUT2D eigenvalue weighted by Gasteiger charge is 2.32. The minimum absolute atomic E-state index is 0.0999. The zero-order chi connectivity index (χ0) is 20.4. The normalized spacial score (nSPS) is 16.6. The summed E-state index contributed by atoms with van der Waals surface area (Å²) in [4.78, 5) is 28.3. The van der Waals surface area contributed by atoms with E-state index in [2.05, 4.69) is 5.10 Å². The van der Waals surface area contributed by atoms with Gasteiger partial charge in [-0.3, -0.25) is 4.79 Å². The Hall–Kier alpha value is -3.03. The molecule has 1 aromatic heterocycles. The van der Waals surface area contributed by atoms with Crippen LogP contribution < -0.4 is 4.74 Å². The molecule has 0 bridgehead atoms. The molecular weight excluding hydrogens is 372 g/mol. The number of hydrogen-bond donors (Lipinski definition) is 0.